The predicted molar refractivity (Wildman–Crippen MR) is 409 cm³/mol. The van der Waals surface area contributed by atoms with E-state index in [4.69, 9.17) is 56.8 Å². The molecule has 7 aromatic heterocycles. The number of pyridine rings is 7. The average molecular weight is 1420 g/mol. The van der Waals surface area contributed by atoms with Crippen LogP contribution in [-0.2, 0) is 0 Å². The number of aromatic nitrogens is 7. The van der Waals surface area contributed by atoms with E-state index >= 15 is 0 Å². The molecule has 0 saturated carbocycles. The average Bonchev–Trinajstić information content (AvgIpc) is 0.858. The van der Waals surface area contributed by atoms with Crippen molar-refractivity contribution in [3.8, 4) is 138 Å². The van der Waals surface area contributed by atoms with Gasteiger partial charge in [-0.25, -0.2) is 15.0 Å². The van der Waals surface area contributed by atoms with Gasteiger partial charge in [0.25, 0.3) is 0 Å². The highest BCUT2D eigenvalue weighted by Crippen LogP contribution is 2.40. The molecule has 19 nitrogen and oxygen atoms in total. The van der Waals surface area contributed by atoms with E-state index in [9.17, 15) is 0 Å². The maximum atomic E-state index is 5.98. The Morgan fingerprint density at radius 1 is 0.130 bits per heavy atom. The molecule has 16 aromatic rings. The Hall–Kier alpha value is -15.4. The molecule has 0 unspecified atom stereocenters. The summed E-state index contributed by atoms with van der Waals surface area (Å²) in [5.41, 5.74) is 0. The molecule has 0 aliphatic heterocycles. The number of hydrogen-bond donors (Lipinski definition) is 0. The molecule has 0 radical (unpaired) electrons. The van der Waals surface area contributed by atoms with Crippen molar-refractivity contribution in [2.75, 3.05) is 0 Å². The highest BCUT2D eigenvalue weighted by Gasteiger charge is 2.14. The fourth-order valence-electron chi connectivity index (χ4n) is 9.77. The molecule has 0 spiro atoms. The molecule has 16 rings (SSSR count). The lowest BCUT2D eigenvalue weighted by atomic mass is 10.2. The standard InChI is InChI=1S/C24H18O3.2C22H16N2O3.C21H15N3O3/c1-4-10-19(11-5-1)25-22-16-23(26-20-12-6-2-7-13-20)18-24(17-22)27-21-14-8-3-9-15-21;1-2-6-17(7-3-1)25-20-12-21(26-18-8-4-10-23-15-18)14-22(13-20)27-19-9-5-11-24-16-19;1-2-4-17(5-3-1)25-20-14-21(26-18-6-10-23-11-7-18)16-22(15-20)27-19-8-12-24-13-9-19;1-4-10-22-19(7-1)25-16-13-17(26-20-8-2-5-11-23-20)15-18(14-16)27-21-9-3-6-12-24-21/h1-18H;2*1-16H;1-15H. The molecule has 19 heteroatoms. The Labute approximate surface area is 622 Å². The zero-order chi connectivity index (χ0) is 73.3. The van der Waals surface area contributed by atoms with E-state index in [1.807, 2.05) is 243 Å². The molecule has 0 amide bonds. The Morgan fingerprint density at radius 2 is 0.324 bits per heavy atom. The van der Waals surface area contributed by atoms with E-state index in [0.717, 1.165) is 28.7 Å². The molecule has 0 aliphatic rings. The highest BCUT2D eigenvalue weighted by atomic mass is 16.5. The molecule has 0 saturated heterocycles. The maximum absolute atomic E-state index is 5.98. The van der Waals surface area contributed by atoms with Crippen LogP contribution in [0, 0.1) is 0 Å². The number of rotatable bonds is 24. The van der Waals surface area contributed by atoms with E-state index in [1.165, 1.54) is 0 Å². The largest absolute Gasteiger partial charge is 0.457 e. The number of para-hydroxylation sites is 5. The topological polar surface area (TPSA) is 201 Å². The van der Waals surface area contributed by atoms with Crippen LogP contribution in [-0.4, -0.2) is 34.9 Å². The Bertz CT molecular complexity index is 4070. The van der Waals surface area contributed by atoms with Crippen molar-refractivity contribution in [2.24, 2.45) is 0 Å². The normalized spacial score (nSPS) is 10.2. The second kappa shape index (κ2) is 38.1. The van der Waals surface area contributed by atoms with Crippen molar-refractivity contribution in [1.82, 2.24) is 34.9 Å². The zero-order valence-electron chi connectivity index (χ0n) is 57.6. The predicted octanol–water partition coefficient (Wildman–Crippen LogP) is 24.0. The van der Waals surface area contributed by atoms with Crippen LogP contribution in [0.4, 0.5) is 0 Å². The first-order valence-corrected chi connectivity index (χ1v) is 33.7. The van der Waals surface area contributed by atoms with Crippen molar-refractivity contribution in [1.29, 1.82) is 0 Å². The summed E-state index contributed by atoms with van der Waals surface area (Å²) < 4.78 is 70.9. The Morgan fingerprint density at radius 3 is 0.528 bits per heavy atom. The van der Waals surface area contributed by atoms with Gasteiger partial charge in [-0.3, -0.25) is 19.9 Å². The van der Waals surface area contributed by atoms with Gasteiger partial charge in [-0.1, -0.05) is 109 Å². The van der Waals surface area contributed by atoms with Gasteiger partial charge in [0.2, 0.25) is 17.6 Å². The third-order valence-corrected chi connectivity index (χ3v) is 14.4. The van der Waals surface area contributed by atoms with Crippen LogP contribution in [0.2, 0.25) is 0 Å². The van der Waals surface area contributed by atoms with Gasteiger partial charge in [-0.05, 0) is 127 Å². The van der Waals surface area contributed by atoms with Crippen LogP contribution in [0.1, 0.15) is 0 Å². The second-order valence-corrected chi connectivity index (χ2v) is 22.6. The smallest absolute Gasteiger partial charge is 0.219 e. The highest BCUT2D eigenvalue weighted by molar-refractivity contribution is 5.51. The van der Waals surface area contributed by atoms with E-state index in [2.05, 4.69) is 34.9 Å². The third-order valence-electron chi connectivity index (χ3n) is 14.4. The number of ether oxygens (including phenoxy) is 12. The van der Waals surface area contributed by atoms with Crippen LogP contribution in [0.5, 0.6) is 138 Å². The van der Waals surface area contributed by atoms with Gasteiger partial charge in [-0.15, -0.1) is 0 Å². The molecule has 0 atom stereocenters. The van der Waals surface area contributed by atoms with E-state index in [1.54, 1.807) is 153 Å². The number of nitrogens with zero attached hydrogens (tertiary/aromatic N) is 7. The number of benzene rings is 9. The SMILES string of the molecule is c1ccc(Oc2cc(Oc3ccccc3)cc(Oc3ccccc3)c2)cc1.c1ccc(Oc2cc(Oc3ccccn3)cc(Oc3ccccn3)c2)nc1.c1ccc(Oc2cc(Oc3cccnc3)cc(Oc3cccnc3)c2)cc1.c1ccc(Oc2cc(Oc3ccncc3)cc(Oc3ccncc3)c2)cc1. The van der Waals surface area contributed by atoms with Crippen LogP contribution in [0.25, 0.3) is 0 Å². The quantitative estimate of drug-likeness (QED) is 0.0552. The minimum atomic E-state index is 0.469. The van der Waals surface area contributed by atoms with Crippen molar-refractivity contribution >= 4 is 0 Å². The van der Waals surface area contributed by atoms with Crippen LogP contribution >= 0.6 is 0 Å². The van der Waals surface area contributed by atoms with Crippen LogP contribution in [0.3, 0.4) is 0 Å². The van der Waals surface area contributed by atoms with E-state index in [0.29, 0.717) is 110 Å². The first kappa shape index (κ1) is 71.0. The minimum Gasteiger partial charge on any atom is -0.457 e. The van der Waals surface area contributed by atoms with Crippen molar-refractivity contribution in [3.05, 3.63) is 396 Å². The van der Waals surface area contributed by atoms with E-state index < -0.39 is 0 Å². The summed E-state index contributed by atoms with van der Waals surface area (Å²) >= 11 is 0. The van der Waals surface area contributed by atoms with Crippen LogP contribution < -0.4 is 56.8 Å². The lowest BCUT2D eigenvalue weighted by Crippen LogP contribution is -1.93. The molecule has 108 heavy (non-hydrogen) atoms. The maximum Gasteiger partial charge on any atom is 0.219 e. The summed E-state index contributed by atoms with van der Waals surface area (Å²) in [5, 5.41) is 0. The van der Waals surface area contributed by atoms with Gasteiger partial charge in [0.15, 0.2) is 0 Å². The fraction of sp³-hybridized carbons (Fsp3) is 0. The molecule has 0 bridgehead atoms. The lowest BCUT2D eigenvalue weighted by Gasteiger charge is -2.13. The van der Waals surface area contributed by atoms with Crippen LogP contribution in [0.15, 0.2) is 396 Å². The zero-order valence-corrected chi connectivity index (χ0v) is 57.6. The van der Waals surface area contributed by atoms with Crippen molar-refractivity contribution < 1.29 is 56.8 Å². The first-order valence-electron chi connectivity index (χ1n) is 33.7. The summed E-state index contributed by atoms with van der Waals surface area (Å²) in [6.07, 6.45) is 18.4. The summed E-state index contributed by atoms with van der Waals surface area (Å²) in [6, 6.07) is 100. The molecule has 7 heterocycles. The summed E-state index contributed by atoms with van der Waals surface area (Å²) in [5.74, 6) is 14.8. The van der Waals surface area contributed by atoms with Gasteiger partial charge in [-0.2, -0.15) is 0 Å². The third kappa shape index (κ3) is 23.3. The molecule has 0 aliphatic carbocycles. The van der Waals surface area contributed by atoms with Gasteiger partial charge in [0, 0.05) is 147 Å². The minimum absolute atomic E-state index is 0.469. The van der Waals surface area contributed by atoms with Crippen molar-refractivity contribution in [2.45, 2.75) is 0 Å². The fourth-order valence-corrected chi connectivity index (χ4v) is 9.77. The molecular weight excluding hydrogens is 1360 g/mol. The summed E-state index contributed by atoms with van der Waals surface area (Å²) in [7, 11) is 0. The summed E-state index contributed by atoms with van der Waals surface area (Å²) in [6.45, 7) is 0. The van der Waals surface area contributed by atoms with E-state index in [-0.39, 0.29) is 0 Å². The van der Waals surface area contributed by atoms with Gasteiger partial charge >= 0.3 is 0 Å². The molecule has 528 valence electrons. The monoisotopic (exact) mass is 1420 g/mol. The second-order valence-electron chi connectivity index (χ2n) is 22.6. The molecular formula is C89H65N7O12. The van der Waals surface area contributed by atoms with Crippen molar-refractivity contribution in [3.63, 3.8) is 0 Å². The first-order chi connectivity index (χ1) is 53.4. The Balaban J connectivity index is 0.000000127. The Kier molecular flexibility index (Phi) is 25.0. The molecule has 9 aromatic carbocycles. The summed E-state index contributed by atoms with van der Waals surface area (Å²) in [4.78, 5) is 28.6. The lowest BCUT2D eigenvalue weighted by molar-refractivity contribution is 0.422. The number of hydrogen-bond acceptors (Lipinski definition) is 19. The van der Waals surface area contributed by atoms with Gasteiger partial charge < -0.3 is 56.8 Å². The molecule has 0 N–H and O–H groups in total. The van der Waals surface area contributed by atoms with Gasteiger partial charge in [0.1, 0.15) is 121 Å². The van der Waals surface area contributed by atoms with Gasteiger partial charge in [0.05, 0.1) is 12.4 Å². The molecule has 0 fully saturated rings.